The van der Waals surface area contributed by atoms with Gasteiger partial charge >= 0.3 is 0 Å². The first kappa shape index (κ1) is 15.0. The van der Waals surface area contributed by atoms with Gasteiger partial charge in [-0.15, -0.1) is 34.0 Å². The fourth-order valence-electron chi connectivity index (χ4n) is 0.565. The first-order chi connectivity index (χ1) is 4.74. The van der Waals surface area contributed by atoms with E-state index in [-0.39, 0.29) is 39.8 Å². The second kappa shape index (κ2) is 6.94. The van der Waals surface area contributed by atoms with E-state index in [0.29, 0.717) is 16.7 Å². The maximum absolute atomic E-state index is 12.5. The van der Waals surface area contributed by atoms with Crippen molar-refractivity contribution in [3.63, 3.8) is 0 Å². The van der Waals surface area contributed by atoms with Crippen LogP contribution in [0.3, 0.4) is 0 Å². The number of nitrogens with two attached hydrogens (primary N) is 1. The number of rotatable bonds is 1. The van der Waals surface area contributed by atoms with Gasteiger partial charge in [0.1, 0.15) is 0 Å². The standard InChI is InChI=1S/C6H6BrFN2.2BrH/c7-5-1-4(2-9)10-3-6(5)8;;/h1,3H,2,9H2;2*1H. The van der Waals surface area contributed by atoms with E-state index in [1.165, 1.54) is 0 Å². The SMILES string of the molecule is Br.Br.NCc1cc(Br)c(F)cn1. The largest absolute Gasteiger partial charge is 0.325 e. The van der Waals surface area contributed by atoms with Crippen LogP contribution < -0.4 is 5.73 Å². The topological polar surface area (TPSA) is 38.9 Å². The Morgan fingerprint density at radius 2 is 2.08 bits per heavy atom. The Labute approximate surface area is 99.4 Å². The molecule has 1 rings (SSSR count). The average Bonchev–Trinajstić information content (AvgIpc) is 1.95. The third-order valence-corrected chi connectivity index (χ3v) is 1.68. The van der Waals surface area contributed by atoms with Gasteiger partial charge in [-0.05, 0) is 22.0 Å². The van der Waals surface area contributed by atoms with Crippen LogP contribution in [0.2, 0.25) is 0 Å². The zero-order chi connectivity index (χ0) is 7.56. The van der Waals surface area contributed by atoms with Crippen molar-refractivity contribution in [2.75, 3.05) is 0 Å². The first-order valence-corrected chi connectivity index (χ1v) is 3.53. The summed E-state index contributed by atoms with van der Waals surface area (Å²) in [5, 5.41) is 0. The van der Waals surface area contributed by atoms with Crippen LogP contribution in [0, 0.1) is 5.82 Å². The Balaban J connectivity index is 0. The van der Waals surface area contributed by atoms with Crippen LogP contribution in [0.1, 0.15) is 5.69 Å². The maximum atomic E-state index is 12.5. The lowest BCUT2D eigenvalue weighted by atomic mass is 10.3. The molecule has 0 spiro atoms. The highest BCUT2D eigenvalue weighted by atomic mass is 79.9. The van der Waals surface area contributed by atoms with Gasteiger partial charge < -0.3 is 5.73 Å². The van der Waals surface area contributed by atoms with E-state index in [9.17, 15) is 4.39 Å². The molecule has 0 saturated carbocycles. The van der Waals surface area contributed by atoms with Crippen molar-refractivity contribution in [3.8, 4) is 0 Å². The Kier molecular flexibility index (Phi) is 8.66. The summed E-state index contributed by atoms with van der Waals surface area (Å²) < 4.78 is 12.9. The molecular weight excluding hydrogens is 359 g/mol. The summed E-state index contributed by atoms with van der Waals surface area (Å²) in [6.45, 7) is 0.332. The summed E-state index contributed by atoms with van der Waals surface area (Å²) in [6, 6.07) is 1.56. The van der Waals surface area contributed by atoms with Crippen molar-refractivity contribution >= 4 is 49.9 Å². The predicted molar refractivity (Wildman–Crippen MR) is 60.4 cm³/mol. The summed E-state index contributed by atoms with van der Waals surface area (Å²) in [5.74, 6) is -0.364. The molecule has 1 heterocycles. The lowest BCUT2D eigenvalue weighted by Crippen LogP contribution is -1.99. The minimum Gasteiger partial charge on any atom is -0.325 e. The van der Waals surface area contributed by atoms with Crippen LogP contribution in [-0.4, -0.2) is 4.98 Å². The number of halogens is 4. The third kappa shape index (κ3) is 3.93. The fraction of sp³-hybridized carbons (Fsp3) is 0.167. The van der Waals surface area contributed by atoms with E-state index in [2.05, 4.69) is 20.9 Å². The van der Waals surface area contributed by atoms with E-state index in [0.717, 1.165) is 6.20 Å². The van der Waals surface area contributed by atoms with Crippen molar-refractivity contribution in [1.82, 2.24) is 4.98 Å². The number of hydrogen-bond donors (Lipinski definition) is 1. The molecule has 0 atom stereocenters. The number of pyridine rings is 1. The molecule has 2 N–H and O–H groups in total. The Morgan fingerprint density at radius 1 is 1.50 bits per heavy atom. The second-order valence-corrected chi connectivity index (χ2v) is 2.65. The molecular formula is C6H8Br3FN2. The molecule has 0 amide bonds. The molecule has 0 aromatic carbocycles. The zero-order valence-corrected chi connectivity index (χ0v) is 11.0. The van der Waals surface area contributed by atoms with Crippen LogP contribution >= 0.6 is 49.9 Å². The monoisotopic (exact) mass is 364 g/mol. The van der Waals surface area contributed by atoms with Gasteiger partial charge in [-0.2, -0.15) is 0 Å². The van der Waals surface area contributed by atoms with E-state index in [1.54, 1.807) is 6.07 Å². The highest BCUT2D eigenvalue weighted by Crippen LogP contribution is 2.13. The lowest BCUT2D eigenvalue weighted by molar-refractivity contribution is 0.612. The second-order valence-electron chi connectivity index (χ2n) is 1.79. The lowest BCUT2D eigenvalue weighted by Gasteiger charge is -1.96. The van der Waals surface area contributed by atoms with Gasteiger partial charge in [-0.3, -0.25) is 4.98 Å². The van der Waals surface area contributed by atoms with Crippen molar-refractivity contribution < 1.29 is 4.39 Å². The Morgan fingerprint density at radius 3 is 2.50 bits per heavy atom. The molecule has 0 aliphatic carbocycles. The van der Waals surface area contributed by atoms with Crippen molar-refractivity contribution in [2.24, 2.45) is 5.73 Å². The third-order valence-electron chi connectivity index (χ3n) is 1.07. The summed E-state index contributed by atoms with van der Waals surface area (Å²) in [7, 11) is 0. The highest BCUT2D eigenvalue weighted by Gasteiger charge is 1.98. The molecule has 1 aromatic heterocycles. The van der Waals surface area contributed by atoms with Gasteiger partial charge in [0.2, 0.25) is 0 Å². The van der Waals surface area contributed by atoms with Gasteiger partial charge in [0, 0.05) is 6.54 Å². The molecule has 0 bridgehead atoms. The van der Waals surface area contributed by atoms with Gasteiger partial charge in [0.05, 0.1) is 16.4 Å². The summed E-state index contributed by atoms with van der Waals surface area (Å²) >= 11 is 3.02. The fourth-order valence-corrected chi connectivity index (χ4v) is 0.932. The molecule has 1 aromatic rings. The molecule has 12 heavy (non-hydrogen) atoms. The van der Waals surface area contributed by atoms with Gasteiger partial charge in [-0.1, -0.05) is 0 Å². The molecule has 0 saturated heterocycles. The summed E-state index contributed by atoms with van der Waals surface area (Å²) in [4.78, 5) is 3.73. The Hall–Kier alpha value is 0.480. The Bertz CT molecular complexity index is 244. The molecule has 6 heteroatoms. The molecule has 0 aliphatic rings. The average molecular weight is 367 g/mol. The maximum Gasteiger partial charge on any atom is 0.155 e. The molecule has 0 fully saturated rings. The highest BCUT2D eigenvalue weighted by molar-refractivity contribution is 9.10. The minimum atomic E-state index is -0.364. The number of aromatic nitrogens is 1. The van der Waals surface area contributed by atoms with Crippen LogP contribution in [-0.2, 0) is 6.54 Å². The van der Waals surface area contributed by atoms with Gasteiger partial charge in [0.15, 0.2) is 5.82 Å². The molecule has 0 radical (unpaired) electrons. The smallest absolute Gasteiger partial charge is 0.155 e. The van der Waals surface area contributed by atoms with Gasteiger partial charge in [-0.25, -0.2) is 4.39 Å². The number of hydrogen-bond acceptors (Lipinski definition) is 2. The number of nitrogens with zero attached hydrogens (tertiary/aromatic N) is 1. The van der Waals surface area contributed by atoms with E-state index >= 15 is 0 Å². The quantitative estimate of drug-likeness (QED) is 0.829. The van der Waals surface area contributed by atoms with Crippen molar-refractivity contribution in [1.29, 1.82) is 0 Å². The first-order valence-electron chi connectivity index (χ1n) is 2.74. The normalized spacial score (nSPS) is 8.25. The zero-order valence-electron chi connectivity index (χ0n) is 5.96. The van der Waals surface area contributed by atoms with Crippen molar-refractivity contribution in [3.05, 3.63) is 28.2 Å². The van der Waals surface area contributed by atoms with E-state index in [1.807, 2.05) is 0 Å². The van der Waals surface area contributed by atoms with Gasteiger partial charge in [0.25, 0.3) is 0 Å². The molecule has 2 nitrogen and oxygen atoms in total. The van der Waals surface area contributed by atoms with Crippen molar-refractivity contribution in [2.45, 2.75) is 6.54 Å². The van der Waals surface area contributed by atoms with E-state index in [4.69, 9.17) is 5.73 Å². The molecule has 0 aliphatic heterocycles. The molecule has 70 valence electrons. The van der Waals surface area contributed by atoms with Crippen LogP contribution in [0.15, 0.2) is 16.7 Å². The molecule has 0 unspecified atom stereocenters. The van der Waals surface area contributed by atoms with Crippen LogP contribution in [0.25, 0.3) is 0 Å². The van der Waals surface area contributed by atoms with Crippen LogP contribution in [0.5, 0.6) is 0 Å². The predicted octanol–water partition coefficient (Wildman–Crippen LogP) is 2.60. The minimum absolute atomic E-state index is 0. The van der Waals surface area contributed by atoms with E-state index < -0.39 is 0 Å². The van der Waals surface area contributed by atoms with Crippen LogP contribution in [0.4, 0.5) is 4.39 Å². The summed E-state index contributed by atoms with van der Waals surface area (Å²) in [5.41, 5.74) is 5.94. The summed E-state index contributed by atoms with van der Waals surface area (Å²) in [6.07, 6.45) is 1.15.